The number of fused-ring (bicyclic) bond motifs is 2. The van der Waals surface area contributed by atoms with Gasteiger partial charge in [0.2, 0.25) is 5.91 Å². The van der Waals surface area contributed by atoms with Gasteiger partial charge in [-0.3, -0.25) is 9.69 Å². The Morgan fingerprint density at radius 2 is 1.41 bits per heavy atom. The summed E-state index contributed by atoms with van der Waals surface area (Å²) in [6, 6.07) is 8.09. The van der Waals surface area contributed by atoms with Gasteiger partial charge < -0.3 is 30.6 Å². The Balaban J connectivity index is 0.000000530. The molecule has 1 aliphatic heterocycles. The van der Waals surface area contributed by atoms with Crippen molar-refractivity contribution in [1.29, 1.82) is 0 Å². The Morgan fingerprint density at radius 3 is 1.90 bits per heavy atom. The summed E-state index contributed by atoms with van der Waals surface area (Å²) in [4.78, 5) is 58.6. The molecule has 13 heteroatoms. The molecule has 39 heavy (non-hydrogen) atoms. The molecule has 0 saturated carbocycles. The van der Waals surface area contributed by atoms with E-state index < -0.39 is 23.9 Å². The van der Waals surface area contributed by atoms with Crippen molar-refractivity contribution in [2.45, 2.75) is 46.0 Å². The number of amides is 1. The molecule has 0 aliphatic carbocycles. The number of likely N-dealkylation sites (N-methyl/N-ethyl adjacent to an activating group) is 1. The molecule has 1 aromatic heterocycles. The third kappa shape index (κ3) is 10.9. The molecular weight excluding hydrogens is 512 g/mol. The van der Waals surface area contributed by atoms with Crippen molar-refractivity contribution in [1.82, 2.24) is 9.88 Å². The van der Waals surface area contributed by atoms with Crippen molar-refractivity contribution in [2.24, 2.45) is 0 Å². The van der Waals surface area contributed by atoms with Crippen LogP contribution in [-0.2, 0) is 30.4 Å². The minimum Gasteiger partial charge on any atom is -0.473 e. The maximum Gasteiger partial charge on any atom is 0.414 e. The summed E-state index contributed by atoms with van der Waals surface area (Å²) in [5.74, 6) is -6.22. The van der Waals surface area contributed by atoms with E-state index in [1.165, 1.54) is 5.56 Å². The standard InChI is InChI=1S/C22H32N4O.2C2H2O4/c1-4-6-13-26(14-7-5-2)16-20(27)24-21-17-10-8-9-11-19(17)23-22-18(21)12-15-25(22)3;2*3-1(4)2(5)6/h8-11H,4-7,12-16H2,1-3H3,(H,23,24,27);2*(H,3,4)(H,5,6). The van der Waals surface area contributed by atoms with Crippen LogP contribution in [0.25, 0.3) is 10.9 Å². The van der Waals surface area contributed by atoms with Crippen LogP contribution in [0.2, 0.25) is 0 Å². The number of aliphatic carboxylic acids is 4. The quantitative estimate of drug-likeness (QED) is 0.287. The van der Waals surface area contributed by atoms with E-state index in [-0.39, 0.29) is 5.91 Å². The number of nitrogens with zero attached hydrogens (tertiary/aromatic N) is 3. The van der Waals surface area contributed by atoms with E-state index in [4.69, 9.17) is 44.6 Å². The highest BCUT2D eigenvalue weighted by molar-refractivity contribution is 6.27. The first-order valence-corrected chi connectivity index (χ1v) is 12.5. The van der Waals surface area contributed by atoms with Gasteiger partial charge in [-0.05, 0) is 38.4 Å². The molecule has 0 saturated heterocycles. The third-order valence-corrected chi connectivity index (χ3v) is 5.68. The van der Waals surface area contributed by atoms with Crippen LogP contribution >= 0.6 is 0 Å². The molecule has 5 N–H and O–H groups in total. The normalized spacial score (nSPS) is 11.5. The first-order chi connectivity index (χ1) is 18.4. The van der Waals surface area contributed by atoms with E-state index in [0.29, 0.717) is 6.54 Å². The number of anilines is 2. The van der Waals surface area contributed by atoms with Gasteiger partial charge in [0.05, 0.1) is 17.7 Å². The van der Waals surface area contributed by atoms with Gasteiger partial charge in [-0.2, -0.15) is 0 Å². The molecule has 0 atom stereocenters. The summed E-state index contributed by atoms with van der Waals surface area (Å²) in [7, 11) is 2.07. The highest BCUT2D eigenvalue weighted by atomic mass is 16.4. The number of benzene rings is 1. The number of carboxylic acid groups (broad SMARTS) is 4. The van der Waals surface area contributed by atoms with Crippen LogP contribution in [0.4, 0.5) is 11.5 Å². The zero-order valence-electron chi connectivity index (χ0n) is 22.3. The predicted molar refractivity (Wildman–Crippen MR) is 144 cm³/mol. The Hall–Kier alpha value is -4.26. The number of aromatic nitrogens is 1. The number of rotatable bonds is 9. The summed E-state index contributed by atoms with van der Waals surface area (Å²) < 4.78 is 0. The lowest BCUT2D eigenvalue weighted by atomic mass is 10.1. The number of hydrogen-bond acceptors (Lipinski definition) is 8. The number of unbranched alkanes of at least 4 members (excludes halogenated alkanes) is 2. The van der Waals surface area contributed by atoms with E-state index in [0.717, 1.165) is 74.1 Å². The maximum atomic E-state index is 12.9. The van der Waals surface area contributed by atoms with Crippen LogP contribution in [0.1, 0.15) is 45.1 Å². The Morgan fingerprint density at radius 1 is 0.897 bits per heavy atom. The molecule has 3 rings (SSSR count). The number of carbonyl (C=O) groups is 5. The average Bonchev–Trinajstić information content (AvgIpc) is 3.26. The molecule has 0 bridgehead atoms. The van der Waals surface area contributed by atoms with Crippen molar-refractivity contribution in [3.8, 4) is 0 Å². The molecule has 0 fully saturated rings. The monoisotopic (exact) mass is 548 g/mol. The minimum atomic E-state index is -1.82. The summed E-state index contributed by atoms with van der Waals surface area (Å²) in [6.07, 6.45) is 5.50. The molecular formula is C26H36N4O9. The van der Waals surface area contributed by atoms with E-state index in [9.17, 15) is 4.79 Å². The second-order valence-electron chi connectivity index (χ2n) is 8.73. The van der Waals surface area contributed by atoms with Crippen LogP contribution in [0, 0.1) is 0 Å². The van der Waals surface area contributed by atoms with Gasteiger partial charge in [-0.25, -0.2) is 24.2 Å². The van der Waals surface area contributed by atoms with Crippen LogP contribution in [0.15, 0.2) is 24.3 Å². The summed E-state index contributed by atoms with van der Waals surface area (Å²) in [5.41, 5.74) is 3.06. The molecule has 0 radical (unpaired) electrons. The van der Waals surface area contributed by atoms with Gasteiger partial charge in [0.15, 0.2) is 0 Å². The average molecular weight is 549 g/mol. The molecule has 2 aromatic rings. The molecule has 1 aromatic carbocycles. The molecule has 1 amide bonds. The second kappa shape index (κ2) is 16.6. The highest BCUT2D eigenvalue weighted by Crippen LogP contribution is 2.36. The molecule has 2 heterocycles. The SMILES string of the molecule is CCCCN(CCCC)CC(=O)Nc1c2c(nc3ccccc13)N(C)CC2.O=C(O)C(=O)O.O=C(O)C(=O)O. The number of nitrogens with one attached hydrogen (secondary N) is 1. The number of carboxylic acids is 4. The third-order valence-electron chi connectivity index (χ3n) is 5.68. The van der Waals surface area contributed by atoms with Gasteiger partial charge in [-0.1, -0.05) is 44.9 Å². The van der Waals surface area contributed by atoms with Crippen molar-refractivity contribution in [3.05, 3.63) is 29.8 Å². The van der Waals surface area contributed by atoms with Crippen molar-refractivity contribution in [3.63, 3.8) is 0 Å². The minimum absolute atomic E-state index is 0.0790. The molecule has 1 aliphatic rings. The zero-order chi connectivity index (χ0) is 29.5. The fourth-order valence-electron chi connectivity index (χ4n) is 3.73. The lowest BCUT2D eigenvalue weighted by Gasteiger charge is -2.22. The van der Waals surface area contributed by atoms with Gasteiger partial charge in [-0.15, -0.1) is 0 Å². The van der Waals surface area contributed by atoms with E-state index in [1.54, 1.807) is 0 Å². The van der Waals surface area contributed by atoms with E-state index in [1.807, 2.05) is 18.2 Å². The fraction of sp³-hybridized carbons (Fsp3) is 0.462. The fourth-order valence-corrected chi connectivity index (χ4v) is 3.73. The van der Waals surface area contributed by atoms with E-state index >= 15 is 0 Å². The highest BCUT2D eigenvalue weighted by Gasteiger charge is 2.24. The maximum absolute atomic E-state index is 12.9. The predicted octanol–water partition coefficient (Wildman–Crippen LogP) is 2.38. The first-order valence-electron chi connectivity index (χ1n) is 12.5. The van der Waals surface area contributed by atoms with Crippen LogP contribution < -0.4 is 10.2 Å². The van der Waals surface area contributed by atoms with Gasteiger partial charge in [0, 0.05) is 24.5 Å². The molecule has 214 valence electrons. The summed E-state index contributed by atoms with van der Waals surface area (Å²) >= 11 is 0. The molecule has 0 unspecified atom stereocenters. The number of hydrogen-bond donors (Lipinski definition) is 5. The Labute approximate surface area is 226 Å². The topological polar surface area (TPSA) is 198 Å². The van der Waals surface area contributed by atoms with Gasteiger partial charge in [0.25, 0.3) is 0 Å². The van der Waals surface area contributed by atoms with Gasteiger partial charge >= 0.3 is 23.9 Å². The molecule has 0 spiro atoms. The van der Waals surface area contributed by atoms with Crippen LogP contribution in [-0.4, -0.2) is 93.3 Å². The summed E-state index contributed by atoms with van der Waals surface area (Å²) in [5, 5.41) is 33.8. The number of pyridine rings is 1. The smallest absolute Gasteiger partial charge is 0.414 e. The zero-order valence-corrected chi connectivity index (χ0v) is 22.3. The lowest BCUT2D eigenvalue weighted by Crippen LogP contribution is -2.35. The largest absolute Gasteiger partial charge is 0.473 e. The van der Waals surface area contributed by atoms with Gasteiger partial charge in [0.1, 0.15) is 5.82 Å². The van der Waals surface area contributed by atoms with Crippen molar-refractivity contribution >= 4 is 52.2 Å². The molecule has 13 nitrogen and oxygen atoms in total. The van der Waals surface area contributed by atoms with Crippen molar-refractivity contribution < 1.29 is 44.4 Å². The number of para-hydroxylation sites is 1. The summed E-state index contributed by atoms with van der Waals surface area (Å²) in [6.45, 7) is 7.77. The van der Waals surface area contributed by atoms with Crippen LogP contribution in [0.5, 0.6) is 0 Å². The first kappa shape index (κ1) is 32.8. The number of carbonyl (C=O) groups excluding carboxylic acids is 1. The Bertz CT molecular complexity index is 1110. The Kier molecular flexibility index (Phi) is 13.9. The van der Waals surface area contributed by atoms with Crippen LogP contribution in [0.3, 0.4) is 0 Å². The van der Waals surface area contributed by atoms with Crippen molar-refractivity contribution in [2.75, 3.05) is 43.4 Å². The second-order valence-corrected chi connectivity index (χ2v) is 8.73. The lowest BCUT2D eigenvalue weighted by molar-refractivity contribution is -0.159. The van der Waals surface area contributed by atoms with E-state index in [2.05, 4.69) is 42.1 Å².